The number of anilines is 1. The Labute approximate surface area is 201 Å². The van der Waals surface area contributed by atoms with Crippen LogP contribution in [0.3, 0.4) is 0 Å². The number of carboxylic acid groups (broad SMARTS) is 1. The molecule has 0 saturated heterocycles. The summed E-state index contributed by atoms with van der Waals surface area (Å²) in [4.78, 5) is 35.9. The second kappa shape index (κ2) is 9.97. The van der Waals surface area contributed by atoms with E-state index in [2.05, 4.69) is 22.8 Å². The lowest BCUT2D eigenvalue weighted by molar-refractivity contribution is -0.116. The van der Waals surface area contributed by atoms with Crippen LogP contribution in [0.1, 0.15) is 40.7 Å². The number of hydrogen-bond donors (Lipinski definition) is 3. The number of amides is 2. The molecule has 0 spiro atoms. The van der Waals surface area contributed by atoms with Crippen LogP contribution in [0.4, 0.5) is 10.5 Å². The van der Waals surface area contributed by atoms with Crippen LogP contribution in [0.5, 0.6) is 0 Å². The van der Waals surface area contributed by atoms with Crippen LogP contribution in [-0.2, 0) is 9.53 Å². The zero-order chi connectivity index (χ0) is 24.2. The first-order valence-electron chi connectivity index (χ1n) is 10.8. The van der Waals surface area contributed by atoms with Crippen LogP contribution < -0.4 is 10.6 Å². The molecule has 0 fully saturated rings. The van der Waals surface area contributed by atoms with Crippen molar-refractivity contribution in [1.29, 1.82) is 0 Å². The molecule has 0 aliphatic heterocycles. The van der Waals surface area contributed by atoms with Crippen molar-refractivity contribution in [1.82, 2.24) is 5.32 Å². The van der Waals surface area contributed by atoms with E-state index in [4.69, 9.17) is 21.4 Å². The SMILES string of the molecule is CC(CC(=O)Nc1cc(Cl)cc(C(=O)O)c1)NC(=O)OCC1c2ccccc2-c2ccccc21. The predicted octanol–water partition coefficient (Wildman–Crippen LogP) is 5.29. The molecule has 4 rings (SSSR count). The lowest BCUT2D eigenvalue weighted by Gasteiger charge is -2.17. The van der Waals surface area contributed by atoms with E-state index in [0.717, 1.165) is 22.3 Å². The van der Waals surface area contributed by atoms with Crippen molar-refractivity contribution in [3.05, 3.63) is 88.4 Å². The molecular formula is C26H23ClN2O5. The Hall–Kier alpha value is -3.84. The minimum atomic E-state index is -1.15. The number of halogens is 1. The van der Waals surface area contributed by atoms with Gasteiger partial charge in [0.25, 0.3) is 0 Å². The summed E-state index contributed by atoms with van der Waals surface area (Å²) in [5.74, 6) is -1.60. The topological polar surface area (TPSA) is 105 Å². The minimum absolute atomic E-state index is 0.0287. The summed E-state index contributed by atoms with van der Waals surface area (Å²) in [5.41, 5.74) is 4.75. The lowest BCUT2D eigenvalue weighted by atomic mass is 9.98. The number of nitrogens with one attached hydrogen (secondary N) is 2. The number of aromatic carboxylic acids is 1. The summed E-state index contributed by atoms with van der Waals surface area (Å²) in [6.07, 6.45) is -0.642. The number of alkyl carbamates (subject to hydrolysis) is 1. The standard InChI is InChI=1S/C26H23ClN2O5/c1-15(10-24(30)29-18-12-16(25(31)32)11-17(27)13-18)28-26(33)34-14-23-21-8-4-2-6-19(21)20-7-3-5-9-22(20)23/h2-9,11-13,15,23H,10,14H2,1H3,(H,28,33)(H,29,30)(H,31,32). The second-order valence-electron chi connectivity index (χ2n) is 8.16. The molecule has 2 amide bonds. The van der Waals surface area contributed by atoms with Crippen molar-refractivity contribution < 1.29 is 24.2 Å². The third-order valence-corrected chi connectivity index (χ3v) is 5.85. The molecule has 1 unspecified atom stereocenters. The number of fused-ring (bicyclic) bond motifs is 3. The van der Waals surface area contributed by atoms with Crippen LogP contribution in [-0.4, -0.2) is 35.7 Å². The van der Waals surface area contributed by atoms with Gasteiger partial charge >= 0.3 is 12.1 Å². The first-order valence-corrected chi connectivity index (χ1v) is 11.1. The maximum Gasteiger partial charge on any atom is 0.407 e. The average molecular weight is 479 g/mol. The Morgan fingerprint density at radius 3 is 2.24 bits per heavy atom. The molecule has 3 aromatic carbocycles. The predicted molar refractivity (Wildman–Crippen MR) is 129 cm³/mol. The van der Waals surface area contributed by atoms with Gasteiger partial charge in [-0.15, -0.1) is 0 Å². The van der Waals surface area contributed by atoms with Gasteiger partial charge in [0.2, 0.25) is 5.91 Å². The van der Waals surface area contributed by atoms with Gasteiger partial charge in [0.15, 0.2) is 0 Å². The van der Waals surface area contributed by atoms with Gasteiger partial charge in [-0.2, -0.15) is 0 Å². The van der Waals surface area contributed by atoms with E-state index in [-0.39, 0.29) is 35.2 Å². The molecule has 0 radical (unpaired) electrons. The van der Waals surface area contributed by atoms with Crippen molar-refractivity contribution in [3.63, 3.8) is 0 Å². The van der Waals surface area contributed by atoms with E-state index < -0.39 is 24.0 Å². The number of carbonyl (C=O) groups is 3. The van der Waals surface area contributed by atoms with E-state index in [9.17, 15) is 14.4 Å². The third kappa shape index (κ3) is 5.21. The molecule has 34 heavy (non-hydrogen) atoms. The summed E-state index contributed by atoms with van der Waals surface area (Å²) in [6.45, 7) is 1.86. The molecule has 3 N–H and O–H groups in total. The average Bonchev–Trinajstić information content (AvgIpc) is 3.10. The van der Waals surface area contributed by atoms with Gasteiger partial charge in [-0.05, 0) is 47.4 Å². The summed E-state index contributed by atoms with van der Waals surface area (Å²) in [7, 11) is 0. The molecule has 8 heteroatoms. The first kappa shape index (κ1) is 23.3. The maximum atomic E-state index is 12.4. The highest BCUT2D eigenvalue weighted by atomic mass is 35.5. The van der Waals surface area contributed by atoms with Crippen LogP contribution in [0.15, 0.2) is 66.7 Å². The zero-order valence-electron chi connectivity index (χ0n) is 18.4. The Morgan fingerprint density at radius 2 is 1.62 bits per heavy atom. The van der Waals surface area contributed by atoms with Crippen LogP contribution in [0.25, 0.3) is 11.1 Å². The minimum Gasteiger partial charge on any atom is -0.478 e. The molecule has 0 aromatic heterocycles. The molecule has 7 nitrogen and oxygen atoms in total. The fraction of sp³-hybridized carbons (Fsp3) is 0.192. The summed E-state index contributed by atoms with van der Waals surface area (Å²) < 4.78 is 5.50. The van der Waals surface area contributed by atoms with Gasteiger partial charge in [0, 0.05) is 29.1 Å². The molecule has 0 saturated carbocycles. The summed E-state index contributed by atoms with van der Waals surface area (Å²) in [5, 5.41) is 14.6. The molecule has 0 bridgehead atoms. The summed E-state index contributed by atoms with van der Waals surface area (Å²) in [6, 6.07) is 19.7. The largest absolute Gasteiger partial charge is 0.478 e. The maximum absolute atomic E-state index is 12.4. The quantitative estimate of drug-likeness (QED) is 0.427. The number of hydrogen-bond acceptors (Lipinski definition) is 4. The monoisotopic (exact) mass is 478 g/mol. The van der Waals surface area contributed by atoms with E-state index in [1.54, 1.807) is 6.92 Å². The van der Waals surface area contributed by atoms with Gasteiger partial charge in [-0.3, -0.25) is 4.79 Å². The van der Waals surface area contributed by atoms with Gasteiger partial charge in [-0.25, -0.2) is 9.59 Å². The molecule has 1 aliphatic carbocycles. The second-order valence-corrected chi connectivity index (χ2v) is 8.59. The van der Waals surface area contributed by atoms with Gasteiger partial charge in [0.1, 0.15) is 6.61 Å². The fourth-order valence-electron chi connectivity index (χ4n) is 4.17. The van der Waals surface area contributed by atoms with E-state index in [1.807, 2.05) is 36.4 Å². The van der Waals surface area contributed by atoms with Gasteiger partial charge in [0.05, 0.1) is 5.56 Å². The Morgan fingerprint density at radius 1 is 1.00 bits per heavy atom. The van der Waals surface area contributed by atoms with Crippen LogP contribution >= 0.6 is 11.6 Å². The fourth-order valence-corrected chi connectivity index (χ4v) is 4.40. The molecular weight excluding hydrogens is 456 g/mol. The molecule has 1 aliphatic rings. The Bertz CT molecular complexity index is 1210. The van der Waals surface area contributed by atoms with Crippen molar-refractivity contribution in [2.45, 2.75) is 25.3 Å². The van der Waals surface area contributed by atoms with E-state index in [1.165, 1.54) is 18.2 Å². The zero-order valence-corrected chi connectivity index (χ0v) is 19.1. The highest BCUT2D eigenvalue weighted by Gasteiger charge is 2.29. The van der Waals surface area contributed by atoms with E-state index in [0.29, 0.717) is 0 Å². The number of carbonyl (C=O) groups excluding carboxylic acids is 2. The number of rotatable bonds is 7. The third-order valence-electron chi connectivity index (χ3n) is 5.63. The lowest BCUT2D eigenvalue weighted by Crippen LogP contribution is -2.36. The number of carboxylic acids is 1. The van der Waals surface area contributed by atoms with E-state index >= 15 is 0 Å². The van der Waals surface area contributed by atoms with Crippen LogP contribution in [0, 0.1) is 0 Å². The highest BCUT2D eigenvalue weighted by Crippen LogP contribution is 2.44. The van der Waals surface area contributed by atoms with Crippen molar-refractivity contribution in [3.8, 4) is 11.1 Å². The van der Waals surface area contributed by atoms with Crippen molar-refractivity contribution in [2.24, 2.45) is 0 Å². The first-order chi connectivity index (χ1) is 16.3. The normalized spacial score (nSPS) is 12.9. The summed E-state index contributed by atoms with van der Waals surface area (Å²) >= 11 is 5.92. The molecule has 1 atom stereocenters. The number of benzene rings is 3. The van der Waals surface area contributed by atoms with Crippen molar-refractivity contribution in [2.75, 3.05) is 11.9 Å². The van der Waals surface area contributed by atoms with Crippen LogP contribution in [0.2, 0.25) is 5.02 Å². The van der Waals surface area contributed by atoms with Crippen molar-refractivity contribution >= 4 is 35.3 Å². The highest BCUT2D eigenvalue weighted by molar-refractivity contribution is 6.31. The Balaban J connectivity index is 1.31. The smallest absolute Gasteiger partial charge is 0.407 e. The molecule has 3 aromatic rings. The number of ether oxygens (including phenoxy) is 1. The van der Waals surface area contributed by atoms with Gasteiger partial charge < -0.3 is 20.5 Å². The molecule has 174 valence electrons. The van der Waals surface area contributed by atoms with Gasteiger partial charge in [-0.1, -0.05) is 60.1 Å². The Kier molecular flexibility index (Phi) is 6.84. The molecule has 0 heterocycles.